The fourth-order valence-electron chi connectivity index (χ4n) is 5.54. The highest BCUT2D eigenvalue weighted by molar-refractivity contribution is 6.07. The highest BCUT2D eigenvalue weighted by atomic mass is 19.4. The molecule has 0 spiro atoms. The first-order chi connectivity index (χ1) is 24.1. The molecule has 1 amide bonds. The predicted molar refractivity (Wildman–Crippen MR) is 173 cm³/mol. The second kappa shape index (κ2) is 18.0. The van der Waals surface area contributed by atoms with Crippen molar-refractivity contribution in [3.63, 3.8) is 0 Å². The number of carbonyl (C=O) groups excluding carboxylic acids is 1. The molecule has 16 heteroatoms. The highest BCUT2D eigenvalue weighted by Gasteiger charge is 2.39. The van der Waals surface area contributed by atoms with Gasteiger partial charge in [-0.25, -0.2) is 14.6 Å². The van der Waals surface area contributed by atoms with Crippen LogP contribution in [0.3, 0.4) is 0 Å². The number of carbonyl (C=O) groups is 3. The number of nitrogens with one attached hydrogen (secondary N) is 1. The van der Waals surface area contributed by atoms with Gasteiger partial charge >= 0.3 is 24.3 Å². The smallest absolute Gasteiger partial charge is 0.475 e. The average molecular weight is 720 g/mol. The van der Waals surface area contributed by atoms with E-state index in [4.69, 9.17) is 19.8 Å². The van der Waals surface area contributed by atoms with Crippen molar-refractivity contribution < 1.29 is 50.9 Å². The Morgan fingerprint density at radius 3 is 2.10 bits per heavy atom. The van der Waals surface area contributed by atoms with E-state index in [-0.39, 0.29) is 18.0 Å². The number of rotatable bonds is 8. The molecule has 51 heavy (non-hydrogen) atoms. The number of fused-ring (bicyclic) bond motifs is 1. The van der Waals surface area contributed by atoms with Crippen molar-refractivity contribution in [3.05, 3.63) is 102 Å². The van der Waals surface area contributed by atoms with E-state index in [0.29, 0.717) is 18.7 Å². The molecule has 10 nitrogen and oxygen atoms in total. The van der Waals surface area contributed by atoms with Crippen LogP contribution in [0.1, 0.15) is 59.4 Å². The molecule has 1 unspecified atom stereocenters. The molecule has 0 saturated carbocycles. The molecule has 272 valence electrons. The normalized spacial score (nSPS) is 15.4. The average Bonchev–Trinajstić information content (AvgIpc) is 3.64. The van der Waals surface area contributed by atoms with Crippen LogP contribution in [0.5, 0.6) is 0 Å². The lowest BCUT2D eigenvalue weighted by Gasteiger charge is -2.45. The van der Waals surface area contributed by atoms with Gasteiger partial charge in [-0.15, -0.1) is 0 Å². The van der Waals surface area contributed by atoms with Crippen LogP contribution in [0, 0.1) is 11.3 Å². The molecule has 1 saturated heterocycles. The van der Waals surface area contributed by atoms with Crippen molar-refractivity contribution in [1.29, 1.82) is 5.26 Å². The third kappa shape index (κ3) is 11.6. The van der Waals surface area contributed by atoms with Crippen LogP contribution in [0.4, 0.5) is 26.3 Å². The number of nitriles is 1. The van der Waals surface area contributed by atoms with E-state index in [0.717, 1.165) is 54.3 Å². The minimum absolute atomic E-state index is 0.114. The monoisotopic (exact) mass is 719 g/mol. The van der Waals surface area contributed by atoms with Gasteiger partial charge in [0.05, 0.1) is 29.7 Å². The molecule has 2 heterocycles. The van der Waals surface area contributed by atoms with Crippen LogP contribution in [-0.2, 0) is 16.0 Å². The summed E-state index contributed by atoms with van der Waals surface area (Å²) in [5.74, 6) is -5.40. The molecular weight excluding hydrogens is 684 g/mol. The number of aliphatic carboxylic acids is 2. The Morgan fingerprint density at radius 2 is 1.55 bits per heavy atom. The quantitative estimate of drug-likeness (QED) is 0.165. The number of halogens is 6. The molecule has 4 aromatic rings. The lowest BCUT2D eigenvalue weighted by atomic mass is 9.95. The fraction of sp³-hybridized carbons (Fsp3) is 0.343. The Bertz CT molecular complexity index is 1760. The Balaban J connectivity index is 0.000000424. The molecule has 0 aliphatic carbocycles. The maximum Gasteiger partial charge on any atom is 0.490 e. The molecule has 0 bridgehead atoms. The maximum atomic E-state index is 13.8. The standard InChI is InChI=1S/C31H33N5O.2C2HF3O2/c1-2-3-9-26-21-35(31(37)28-11-6-8-25-7-4-5-10-27(25)28)16-17-36(26)30(29-20-33-22-34-29)18-23-12-14-24(19-32)15-13-23;2*3-2(4,5)1(6)7/h4-8,10-15,20,22,26,30H,2-3,9,16-18,21H2,1H3,(H,33,34);2*(H,6,7)/t26-,30?;;/m0../s1. The van der Waals surface area contributed by atoms with Crippen molar-refractivity contribution in [2.24, 2.45) is 0 Å². The molecular formula is C35H35F6N5O5. The summed E-state index contributed by atoms with van der Waals surface area (Å²) in [5, 5.41) is 25.5. The van der Waals surface area contributed by atoms with E-state index in [1.165, 1.54) is 5.56 Å². The zero-order valence-electron chi connectivity index (χ0n) is 27.3. The second-order valence-corrected chi connectivity index (χ2v) is 11.5. The zero-order valence-corrected chi connectivity index (χ0v) is 27.3. The topological polar surface area (TPSA) is 151 Å². The van der Waals surface area contributed by atoms with Gasteiger partial charge in [-0.3, -0.25) is 9.69 Å². The van der Waals surface area contributed by atoms with Crippen LogP contribution in [0.25, 0.3) is 10.8 Å². The number of aromatic nitrogens is 2. The molecule has 3 N–H and O–H groups in total. The number of amides is 1. The van der Waals surface area contributed by atoms with Crippen LogP contribution in [0.2, 0.25) is 0 Å². The molecule has 1 aliphatic rings. The van der Waals surface area contributed by atoms with Crippen molar-refractivity contribution in [2.45, 2.75) is 57.0 Å². The molecule has 3 aromatic carbocycles. The van der Waals surface area contributed by atoms with E-state index in [1.54, 1.807) is 6.33 Å². The number of H-pyrrole nitrogens is 1. The van der Waals surface area contributed by atoms with Gasteiger partial charge in [0, 0.05) is 37.4 Å². The Morgan fingerprint density at radius 1 is 0.941 bits per heavy atom. The number of hydrogen-bond acceptors (Lipinski definition) is 6. The first-order valence-corrected chi connectivity index (χ1v) is 15.7. The van der Waals surface area contributed by atoms with E-state index in [2.05, 4.69) is 40.0 Å². The van der Waals surface area contributed by atoms with Crippen molar-refractivity contribution >= 4 is 28.6 Å². The number of nitrogens with zero attached hydrogens (tertiary/aromatic N) is 4. The Hall–Kier alpha value is -5.43. The van der Waals surface area contributed by atoms with Crippen LogP contribution in [-0.4, -0.2) is 85.9 Å². The van der Waals surface area contributed by atoms with Gasteiger partial charge in [-0.05, 0) is 47.4 Å². The Labute approximate surface area is 288 Å². The number of carboxylic acid groups (broad SMARTS) is 2. The SMILES string of the molecule is CCCC[C@H]1CN(C(=O)c2cccc3ccccc23)CCN1C(Cc1ccc(C#N)cc1)c1cnc[nH]1.O=C(O)C(F)(F)F.O=C(O)C(F)(F)F. The summed E-state index contributed by atoms with van der Waals surface area (Å²) in [6.45, 7) is 4.41. The minimum atomic E-state index is -5.08. The van der Waals surface area contributed by atoms with Crippen LogP contribution in [0.15, 0.2) is 79.3 Å². The number of imidazole rings is 1. The minimum Gasteiger partial charge on any atom is -0.475 e. The Kier molecular flexibility index (Phi) is 14.1. The number of carboxylic acids is 2. The summed E-state index contributed by atoms with van der Waals surface area (Å²) < 4.78 is 63.5. The summed E-state index contributed by atoms with van der Waals surface area (Å²) >= 11 is 0. The van der Waals surface area contributed by atoms with Crippen molar-refractivity contribution in [1.82, 2.24) is 19.8 Å². The first-order valence-electron chi connectivity index (χ1n) is 15.7. The largest absolute Gasteiger partial charge is 0.490 e. The first kappa shape index (κ1) is 40.0. The van der Waals surface area contributed by atoms with Crippen LogP contribution >= 0.6 is 0 Å². The van der Waals surface area contributed by atoms with E-state index < -0.39 is 24.3 Å². The third-order valence-electron chi connectivity index (χ3n) is 8.00. The predicted octanol–water partition coefficient (Wildman–Crippen LogP) is 7.00. The number of alkyl halides is 6. The number of aromatic amines is 1. The van der Waals surface area contributed by atoms with Gasteiger partial charge in [0.1, 0.15) is 0 Å². The van der Waals surface area contributed by atoms with Crippen molar-refractivity contribution in [2.75, 3.05) is 19.6 Å². The lowest BCUT2D eigenvalue weighted by molar-refractivity contribution is -0.193. The second-order valence-electron chi connectivity index (χ2n) is 11.5. The fourth-order valence-corrected chi connectivity index (χ4v) is 5.54. The number of unbranched alkanes of at least 4 members (excludes halogenated alkanes) is 1. The van der Waals surface area contributed by atoms with Gasteiger partial charge in [0.2, 0.25) is 0 Å². The molecule has 1 fully saturated rings. The maximum absolute atomic E-state index is 13.8. The molecule has 5 rings (SSSR count). The third-order valence-corrected chi connectivity index (χ3v) is 8.00. The number of hydrogen-bond donors (Lipinski definition) is 3. The summed E-state index contributed by atoms with van der Waals surface area (Å²) in [6, 6.07) is 24.5. The van der Waals surface area contributed by atoms with Gasteiger partial charge in [0.15, 0.2) is 0 Å². The number of piperazine rings is 1. The van der Waals surface area contributed by atoms with E-state index in [9.17, 15) is 36.4 Å². The molecule has 2 atom stereocenters. The van der Waals surface area contributed by atoms with Gasteiger partial charge in [-0.2, -0.15) is 31.6 Å². The van der Waals surface area contributed by atoms with Gasteiger partial charge in [-0.1, -0.05) is 68.3 Å². The molecule has 1 aliphatic heterocycles. The highest BCUT2D eigenvalue weighted by Crippen LogP contribution is 2.31. The zero-order chi connectivity index (χ0) is 37.8. The summed E-state index contributed by atoms with van der Waals surface area (Å²) in [6.07, 6.45) is -2.43. The number of benzene rings is 3. The summed E-state index contributed by atoms with van der Waals surface area (Å²) in [5.41, 5.74) is 3.72. The van der Waals surface area contributed by atoms with E-state index in [1.807, 2.05) is 65.7 Å². The van der Waals surface area contributed by atoms with Crippen molar-refractivity contribution in [3.8, 4) is 6.07 Å². The molecule has 1 aromatic heterocycles. The van der Waals surface area contributed by atoms with Gasteiger partial charge in [0.25, 0.3) is 5.91 Å². The molecule has 0 radical (unpaired) electrons. The van der Waals surface area contributed by atoms with E-state index >= 15 is 0 Å². The lowest BCUT2D eigenvalue weighted by Crippen LogP contribution is -2.56. The van der Waals surface area contributed by atoms with Crippen LogP contribution < -0.4 is 0 Å². The summed E-state index contributed by atoms with van der Waals surface area (Å²) in [4.78, 5) is 43.8. The van der Waals surface area contributed by atoms with Gasteiger partial charge < -0.3 is 20.1 Å². The summed E-state index contributed by atoms with van der Waals surface area (Å²) in [7, 11) is 0.